The predicted molar refractivity (Wildman–Crippen MR) is 98.6 cm³/mol. The molecule has 130 valence electrons. The van der Waals surface area contributed by atoms with Crippen molar-refractivity contribution in [1.29, 1.82) is 0 Å². The van der Waals surface area contributed by atoms with Crippen LogP contribution in [0.25, 0.3) is 10.2 Å². The lowest BCUT2D eigenvalue weighted by Gasteiger charge is -2.34. The molecule has 0 saturated carbocycles. The number of thiophene rings is 1. The minimum absolute atomic E-state index is 0.0582. The number of aromatic nitrogens is 1. The van der Waals surface area contributed by atoms with Crippen molar-refractivity contribution in [3.05, 3.63) is 28.3 Å². The highest BCUT2D eigenvalue weighted by molar-refractivity contribution is 7.20. The summed E-state index contributed by atoms with van der Waals surface area (Å²) >= 11 is 1.43. The molecule has 2 aromatic heterocycles. The van der Waals surface area contributed by atoms with Crippen LogP contribution in [0.3, 0.4) is 0 Å². The summed E-state index contributed by atoms with van der Waals surface area (Å²) < 4.78 is 0. The minimum Gasteiger partial charge on any atom is -0.394 e. The molecule has 0 aromatic carbocycles. The van der Waals surface area contributed by atoms with E-state index in [9.17, 15) is 4.79 Å². The monoisotopic (exact) mass is 346 g/mol. The highest BCUT2D eigenvalue weighted by Crippen LogP contribution is 2.38. The second-order valence-corrected chi connectivity index (χ2v) is 8.99. The first-order valence-electron chi connectivity index (χ1n) is 8.62. The molecule has 0 spiro atoms. The summed E-state index contributed by atoms with van der Waals surface area (Å²) in [5, 5.41) is 12.9. The number of rotatable bonds is 3. The van der Waals surface area contributed by atoms with E-state index in [1.54, 1.807) is 6.92 Å². The number of hydrogen-bond donors (Lipinski definition) is 2. The molecule has 0 radical (unpaired) electrons. The van der Waals surface area contributed by atoms with Crippen LogP contribution in [0.1, 0.15) is 55.0 Å². The summed E-state index contributed by atoms with van der Waals surface area (Å²) in [4.78, 5) is 18.7. The number of nitrogens with one attached hydrogen (secondary N) is 1. The van der Waals surface area contributed by atoms with Crippen LogP contribution in [0.2, 0.25) is 0 Å². The molecule has 0 saturated heterocycles. The Morgan fingerprint density at radius 3 is 2.88 bits per heavy atom. The van der Waals surface area contributed by atoms with Crippen molar-refractivity contribution in [2.45, 2.75) is 53.0 Å². The first kappa shape index (κ1) is 17.4. The van der Waals surface area contributed by atoms with E-state index in [0.717, 1.165) is 23.1 Å². The zero-order valence-corrected chi connectivity index (χ0v) is 15.7. The van der Waals surface area contributed by atoms with Gasteiger partial charge in [0, 0.05) is 17.1 Å². The van der Waals surface area contributed by atoms with E-state index < -0.39 is 0 Å². The molecule has 2 atom stereocenters. The summed E-state index contributed by atoms with van der Waals surface area (Å²) in [5.74, 6) is 0.543. The molecule has 0 fully saturated rings. The third-order valence-corrected chi connectivity index (χ3v) is 6.02. The van der Waals surface area contributed by atoms with E-state index in [0.29, 0.717) is 16.2 Å². The molecule has 5 heteroatoms. The third kappa shape index (κ3) is 3.47. The van der Waals surface area contributed by atoms with Crippen LogP contribution in [0, 0.1) is 11.3 Å². The summed E-state index contributed by atoms with van der Waals surface area (Å²) in [5.41, 5.74) is 2.84. The Kier molecular flexibility index (Phi) is 4.67. The van der Waals surface area contributed by atoms with Crippen LogP contribution in [0.5, 0.6) is 0 Å². The Morgan fingerprint density at radius 1 is 1.46 bits per heavy atom. The second-order valence-electron chi connectivity index (χ2n) is 7.96. The van der Waals surface area contributed by atoms with Crippen molar-refractivity contribution in [3.63, 3.8) is 0 Å². The Bertz CT molecular complexity index is 761. The third-order valence-electron chi connectivity index (χ3n) is 4.97. The van der Waals surface area contributed by atoms with Gasteiger partial charge in [0.05, 0.1) is 11.5 Å². The molecule has 4 nitrogen and oxygen atoms in total. The first-order chi connectivity index (χ1) is 11.3. The van der Waals surface area contributed by atoms with E-state index >= 15 is 0 Å². The van der Waals surface area contributed by atoms with Gasteiger partial charge in [-0.15, -0.1) is 11.3 Å². The second kappa shape index (κ2) is 6.45. The molecule has 24 heavy (non-hydrogen) atoms. The largest absolute Gasteiger partial charge is 0.394 e. The minimum atomic E-state index is -0.239. The molecule has 1 unspecified atom stereocenters. The van der Waals surface area contributed by atoms with Crippen LogP contribution < -0.4 is 5.32 Å². The Morgan fingerprint density at radius 2 is 2.21 bits per heavy atom. The lowest BCUT2D eigenvalue weighted by molar-refractivity contribution is 0.0926. The summed E-state index contributed by atoms with van der Waals surface area (Å²) in [6, 6.07) is 3.91. The summed E-state index contributed by atoms with van der Waals surface area (Å²) in [7, 11) is 0. The fraction of sp³-hybridized carbons (Fsp3) is 0.579. The lowest BCUT2D eigenvalue weighted by Crippen LogP contribution is -2.34. The van der Waals surface area contributed by atoms with Crippen LogP contribution in [0.15, 0.2) is 12.1 Å². The number of aliphatic hydroxyl groups is 1. The van der Waals surface area contributed by atoms with Crippen LogP contribution in [-0.2, 0) is 12.8 Å². The average molecular weight is 346 g/mol. The van der Waals surface area contributed by atoms with Gasteiger partial charge in [0.2, 0.25) is 0 Å². The van der Waals surface area contributed by atoms with E-state index in [4.69, 9.17) is 10.1 Å². The fourth-order valence-corrected chi connectivity index (χ4v) is 4.25. The number of aryl methyl sites for hydroxylation is 1. The Balaban J connectivity index is 1.88. The van der Waals surface area contributed by atoms with Gasteiger partial charge in [0.1, 0.15) is 4.83 Å². The normalized spacial score (nSPS) is 19.1. The van der Waals surface area contributed by atoms with Gasteiger partial charge in [-0.05, 0) is 55.2 Å². The van der Waals surface area contributed by atoms with Gasteiger partial charge in [-0.3, -0.25) is 4.79 Å². The van der Waals surface area contributed by atoms with Crippen LogP contribution in [0.4, 0.5) is 0 Å². The van der Waals surface area contributed by atoms with E-state index in [-0.39, 0.29) is 18.6 Å². The molecular weight excluding hydrogens is 320 g/mol. The molecule has 3 rings (SSSR count). The maximum absolute atomic E-state index is 12.2. The smallest absolute Gasteiger partial charge is 0.261 e. The van der Waals surface area contributed by atoms with Gasteiger partial charge < -0.3 is 10.4 Å². The number of aliphatic hydroxyl groups excluding tert-OH is 1. The van der Waals surface area contributed by atoms with Gasteiger partial charge in [-0.1, -0.05) is 20.8 Å². The molecule has 2 aromatic rings. The molecule has 2 N–H and O–H groups in total. The number of nitrogens with zero attached hydrogens (tertiary/aromatic N) is 1. The SMILES string of the molecule is C[C@H](CO)NC(=O)c1cc2cc3c(nc2s1)CCC(C(C)(C)C)C3. The van der Waals surface area contributed by atoms with Gasteiger partial charge in [-0.25, -0.2) is 4.98 Å². The van der Waals surface area contributed by atoms with Crippen molar-refractivity contribution in [2.24, 2.45) is 11.3 Å². The van der Waals surface area contributed by atoms with Crippen LogP contribution >= 0.6 is 11.3 Å². The Hall–Kier alpha value is -1.46. The molecule has 0 bridgehead atoms. The number of carbonyl (C=O) groups excluding carboxylic acids is 1. The standard InChI is InChI=1S/C19H26N2O2S/c1-11(10-22)20-17(23)16-9-13-7-12-8-14(19(2,3)4)5-6-15(12)21-18(13)24-16/h7,9,11,14,22H,5-6,8,10H2,1-4H3,(H,20,23)/t11-,14?/m1/s1. The number of fused-ring (bicyclic) bond motifs is 2. The van der Waals surface area contributed by atoms with E-state index in [1.165, 1.54) is 29.0 Å². The summed E-state index contributed by atoms with van der Waals surface area (Å²) in [6.45, 7) is 8.66. The maximum Gasteiger partial charge on any atom is 0.261 e. The van der Waals surface area contributed by atoms with Crippen molar-refractivity contribution in [1.82, 2.24) is 10.3 Å². The highest BCUT2D eigenvalue weighted by atomic mass is 32.1. The predicted octanol–water partition coefficient (Wildman–Crippen LogP) is 3.56. The molecule has 1 aliphatic carbocycles. The molecule has 2 heterocycles. The maximum atomic E-state index is 12.2. The van der Waals surface area contributed by atoms with Crippen molar-refractivity contribution in [3.8, 4) is 0 Å². The first-order valence-corrected chi connectivity index (χ1v) is 9.43. The van der Waals surface area contributed by atoms with Gasteiger partial charge in [-0.2, -0.15) is 0 Å². The van der Waals surface area contributed by atoms with Crippen LogP contribution in [-0.4, -0.2) is 28.6 Å². The van der Waals surface area contributed by atoms with E-state index in [1.807, 2.05) is 6.07 Å². The zero-order chi connectivity index (χ0) is 17.5. The van der Waals surface area contributed by atoms with Gasteiger partial charge in [0.15, 0.2) is 0 Å². The zero-order valence-electron chi connectivity index (χ0n) is 14.8. The number of amides is 1. The van der Waals surface area contributed by atoms with Crippen molar-refractivity contribution < 1.29 is 9.90 Å². The number of pyridine rings is 1. The number of carbonyl (C=O) groups is 1. The van der Waals surface area contributed by atoms with Gasteiger partial charge >= 0.3 is 0 Å². The van der Waals surface area contributed by atoms with Crippen molar-refractivity contribution in [2.75, 3.05) is 6.61 Å². The van der Waals surface area contributed by atoms with Gasteiger partial charge in [0.25, 0.3) is 5.91 Å². The quantitative estimate of drug-likeness (QED) is 0.893. The molecule has 1 aliphatic rings. The van der Waals surface area contributed by atoms with E-state index in [2.05, 4.69) is 32.2 Å². The lowest BCUT2D eigenvalue weighted by atomic mass is 9.71. The molecule has 0 aliphatic heterocycles. The average Bonchev–Trinajstić information content (AvgIpc) is 2.93. The summed E-state index contributed by atoms with van der Waals surface area (Å²) in [6.07, 6.45) is 3.27. The molecular formula is C19H26N2O2S. The van der Waals surface area contributed by atoms with Crippen molar-refractivity contribution >= 4 is 27.5 Å². The highest BCUT2D eigenvalue weighted by Gasteiger charge is 2.29. The Labute approximate surface area is 147 Å². The topological polar surface area (TPSA) is 62.2 Å². The number of hydrogen-bond acceptors (Lipinski definition) is 4. The molecule has 1 amide bonds. The fourth-order valence-electron chi connectivity index (χ4n) is 3.32.